The van der Waals surface area contributed by atoms with Gasteiger partial charge in [0, 0.05) is 12.6 Å². The zero-order chi connectivity index (χ0) is 12.7. The molecule has 0 radical (unpaired) electrons. The van der Waals surface area contributed by atoms with Gasteiger partial charge in [-0.15, -0.1) is 0 Å². The number of rotatable bonds is 7. The SMILES string of the molecule is CC[C@@H](N)c1ccc(OCCCN(C)C)cn1. The molecule has 0 aliphatic rings. The topological polar surface area (TPSA) is 51.4 Å². The average Bonchev–Trinajstić information content (AvgIpc) is 2.34. The molecule has 1 atom stereocenters. The van der Waals surface area contributed by atoms with Crippen molar-refractivity contribution < 1.29 is 4.74 Å². The van der Waals surface area contributed by atoms with Crippen molar-refractivity contribution >= 4 is 0 Å². The molecular weight excluding hydrogens is 214 g/mol. The summed E-state index contributed by atoms with van der Waals surface area (Å²) in [6.07, 6.45) is 3.67. The van der Waals surface area contributed by atoms with Gasteiger partial charge in [0.1, 0.15) is 5.75 Å². The summed E-state index contributed by atoms with van der Waals surface area (Å²) >= 11 is 0. The molecule has 1 aromatic heterocycles. The predicted octanol–water partition coefficient (Wildman–Crippen LogP) is 1.82. The van der Waals surface area contributed by atoms with Crippen molar-refractivity contribution in [3.8, 4) is 5.75 Å². The van der Waals surface area contributed by atoms with Crippen molar-refractivity contribution in [2.45, 2.75) is 25.8 Å². The van der Waals surface area contributed by atoms with E-state index in [1.807, 2.05) is 12.1 Å². The highest BCUT2D eigenvalue weighted by molar-refractivity contribution is 5.21. The minimum atomic E-state index is 0.0257. The van der Waals surface area contributed by atoms with Crippen molar-refractivity contribution in [1.29, 1.82) is 0 Å². The Morgan fingerprint density at radius 3 is 2.71 bits per heavy atom. The Morgan fingerprint density at radius 1 is 1.41 bits per heavy atom. The summed E-state index contributed by atoms with van der Waals surface area (Å²) in [4.78, 5) is 6.45. The second-order valence-electron chi connectivity index (χ2n) is 4.44. The maximum absolute atomic E-state index is 5.89. The molecule has 4 nitrogen and oxygen atoms in total. The molecule has 0 amide bonds. The lowest BCUT2D eigenvalue weighted by Crippen LogP contribution is -2.15. The van der Waals surface area contributed by atoms with Crippen molar-refractivity contribution in [3.63, 3.8) is 0 Å². The molecule has 1 rings (SSSR count). The highest BCUT2D eigenvalue weighted by atomic mass is 16.5. The quantitative estimate of drug-likeness (QED) is 0.735. The molecule has 0 aliphatic heterocycles. The van der Waals surface area contributed by atoms with Crippen LogP contribution in [0.15, 0.2) is 18.3 Å². The first-order valence-electron chi connectivity index (χ1n) is 6.12. The first-order valence-corrected chi connectivity index (χ1v) is 6.12. The largest absolute Gasteiger partial charge is 0.492 e. The van der Waals surface area contributed by atoms with Crippen molar-refractivity contribution in [3.05, 3.63) is 24.0 Å². The van der Waals surface area contributed by atoms with E-state index in [9.17, 15) is 0 Å². The van der Waals surface area contributed by atoms with Gasteiger partial charge in [0.05, 0.1) is 18.5 Å². The number of hydrogen-bond donors (Lipinski definition) is 1. The van der Waals surface area contributed by atoms with Crippen LogP contribution in [0.1, 0.15) is 31.5 Å². The summed E-state index contributed by atoms with van der Waals surface area (Å²) in [7, 11) is 4.12. The molecule has 0 aliphatic carbocycles. The van der Waals surface area contributed by atoms with Crippen LogP contribution in [-0.4, -0.2) is 37.1 Å². The lowest BCUT2D eigenvalue weighted by Gasteiger charge is -2.11. The average molecular weight is 237 g/mol. The van der Waals surface area contributed by atoms with Crippen LogP contribution in [0.25, 0.3) is 0 Å². The predicted molar refractivity (Wildman–Crippen MR) is 70.1 cm³/mol. The second-order valence-corrected chi connectivity index (χ2v) is 4.44. The summed E-state index contributed by atoms with van der Waals surface area (Å²) in [5.41, 5.74) is 6.81. The minimum Gasteiger partial charge on any atom is -0.492 e. The smallest absolute Gasteiger partial charge is 0.137 e. The third kappa shape index (κ3) is 5.15. The van der Waals surface area contributed by atoms with Crippen LogP contribution < -0.4 is 10.5 Å². The maximum atomic E-state index is 5.89. The minimum absolute atomic E-state index is 0.0257. The molecule has 0 aromatic carbocycles. The normalized spacial score (nSPS) is 12.8. The van der Waals surface area contributed by atoms with Crippen molar-refractivity contribution in [2.75, 3.05) is 27.2 Å². The van der Waals surface area contributed by atoms with Crippen LogP contribution in [0.3, 0.4) is 0 Å². The van der Waals surface area contributed by atoms with Gasteiger partial charge in [-0.05, 0) is 39.1 Å². The molecule has 0 spiro atoms. The molecule has 1 aromatic rings. The van der Waals surface area contributed by atoms with E-state index in [0.717, 1.165) is 37.4 Å². The fourth-order valence-corrected chi connectivity index (χ4v) is 1.48. The van der Waals surface area contributed by atoms with Crippen LogP contribution >= 0.6 is 0 Å². The summed E-state index contributed by atoms with van der Waals surface area (Å²) in [5, 5.41) is 0. The number of hydrogen-bond acceptors (Lipinski definition) is 4. The molecule has 0 fully saturated rings. The van der Waals surface area contributed by atoms with Gasteiger partial charge in [-0.25, -0.2) is 0 Å². The van der Waals surface area contributed by atoms with Gasteiger partial charge in [0.15, 0.2) is 0 Å². The molecule has 1 heterocycles. The molecule has 0 bridgehead atoms. The highest BCUT2D eigenvalue weighted by Crippen LogP contribution is 2.15. The van der Waals surface area contributed by atoms with Gasteiger partial charge >= 0.3 is 0 Å². The lowest BCUT2D eigenvalue weighted by molar-refractivity contribution is 0.280. The van der Waals surface area contributed by atoms with E-state index in [0.29, 0.717) is 0 Å². The number of nitrogens with two attached hydrogens (primary N) is 1. The lowest BCUT2D eigenvalue weighted by atomic mass is 10.1. The third-order valence-electron chi connectivity index (χ3n) is 2.60. The van der Waals surface area contributed by atoms with E-state index in [1.165, 1.54) is 0 Å². The summed E-state index contributed by atoms with van der Waals surface area (Å²) in [6, 6.07) is 3.90. The Morgan fingerprint density at radius 2 is 2.18 bits per heavy atom. The van der Waals surface area contributed by atoms with E-state index < -0.39 is 0 Å². The Hall–Kier alpha value is -1.13. The summed E-state index contributed by atoms with van der Waals surface area (Å²) < 4.78 is 5.59. The molecule has 4 heteroatoms. The highest BCUT2D eigenvalue weighted by Gasteiger charge is 2.04. The number of pyridine rings is 1. The molecule has 0 saturated heterocycles. The van der Waals surface area contributed by atoms with Gasteiger partial charge in [0.2, 0.25) is 0 Å². The zero-order valence-corrected chi connectivity index (χ0v) is 11.0. The molecule has 0 unspecified atom stereocenters. The van der Waals surface area contributed by atoms with Crippen LogP contribution in [0, 0.1) is 0 Å². The van der Waals surface area contributed by atoms with E-state index in [-0.39, 0.29) is 6.04 Å². The molecule has 17 heavy (non-hydrogen) atoms. The van der Waals surface area contributed by atoms with Gasteiger partial charge in [-0.1, -0.05) is 6.92 Å². The van der Waals surface area contributed by atoms with E-state index in [4.69, 9.17) is 10.5 Å². The van der Waals surface area contributed by atoms with Crippen molar-refractivity contribution in [1.82, 2.24) is 9.88 Å². The third-order valence-corrected chi connectivity index (χ3v) is 2.60. The number of ether oxygens (including phenoxy) is 1. The van der Waals surface area contributed by atoms with Crippen LogP contribution in [0.4, 0.5) is 0 Å². The summed E-state index contributed by atoms with van der Waals surface area (Å²) in [5.74, 6) is 0.816. The Balaban J connectivity index is 2.35. The Kier molecular flexibility index (Phi) is 5.94. The van der Waals surface area contributed by atoms with E-state index in [1.54, 1.807) is 6.20 Å². The monoisotopic (exact) mass is 237 g/mol. The van der Waals surface area contributed by atoms with Crippen molar-refractivity contribution in [2.24, 2.45) is 5.73 Å². The van der Waals surface area contributed by atoms with Gasteiger partial charge in [-0.2, -0.15) is 0 Å². The van der Waals surface area contributed by atoms with E-state index in [2.05, 4.69) is 30.9 Å². The van der Waals surface area contributed by atoms with Crippen LogP contribution in [0.5, 0.6) is 5.75 Å². The van der Waals surface area contributed by atoms with Gasteiger partial charge in [0.25, 0.3) is 0 Å². The van der Waals surface area contributed by atoms with Gasteiger partial charge < -0.3 is 15.4 Å². The maximum Gasteiger partial charge on any atom is 0.137 e. The summed E-state index contributed by atoms with van der Waals surface area (Å²) in [6.45, 7) is 3.81. The molecule has 96 valence electrons. The molecule has 0 saturated carbocycles. The number of aromatic nitrogens is 1. The fraction of sp³-hybridized carbons (Fsp3) is 0.615. The van der Waals surface area contributed by atoms with Gasteiger partial charge in [-0.3, -0.25) is 4.98 Å². The molecule has 2 N–H and O–H groups in total. The Bertz CT molecular complexity index is 311. The zero-order valence-electron chi connectivity index (χ0n) is 11.0. The Labute approximate surface area is 104 Å². The van der Waals surface area contributed by atoms with E-state index >= 15 is 0 Å². The molecular formula is C13H23N3O. The first kappa shape index (κ1) is 13.9. The van der Waals surface area contributed by atoms with Crippen LogP contribution in [-0.2, 0) is 0 Å². The van der Waals surface area contributed by atoms with Crippen LogP contribution in [0.2, 0.25) is 0 Å². The second kappa shape index (κ2) is 7.25. The standard InChI is InChI=1S/C13H23N3O/c1-4-12(14)13-7-6-11(10-15-13)17-9-5-8-16(2)3/h6-7,10,12H,4-5,8-9,14H2,1-3H3/t12-/m1/s1. The number of nitrogens with zero attached hydrogens (tertiary/aromatic N) is 2. The fourth-order valence-electron chi connectivity index (χ4n) is 1.48. The first-order chi connectivity index (χ1) is 8.13.